The van der Waals surface area contributed by atoms with Crippen molar-refractivity contribution in [1.82, 2.24) is 4.98 Å². The number of carbonyl (C=O) groups excluding carboxylic acids is 1. The first-order valence-corrected chi connectivity index (χ1v) is 9.53. The maximum Gasteiger partial charge on any atom is 0.260 e. The van der Waals surface area contributed by atoms with Crippen molar-refractivity contribution in [2.75, 3.05) is 5.32 Å². The molecule has 4 aromatic rings. The van der Waals surface area contributed by atoms with Gasteiger partial charge in [0, 0.05) is 5.56 Å². The molecule has 1 N–H and O–H groups in total. The van der Waals surface area contributed by atoms with E-state index in [1.54, 1.807) is 0 Å². The normalized spacial score (nSPS) is 10.8. The molecule has 0 aliphatic rings. The summed E-state index contributed by atoms with van der Waals surface area (Å²) in [5.41, 5.74) is 1.26. The standard InChI is InChI=1S/C22H12F4N2OS/c23-15-11-14(16(24)18(26)17(15)25)21(29)28-22-27-19(12-7-3-1-4-8-12)20(30-22)13-9-5-2-6-10-13/h1-11H,(H,27,28,29). The molecule has 0 aliphatic carbocycles. The Morgan fingerprint density at radius 2 is 1.40 bits per heavy atom. The molecule has 1 aromatic heterocycles. The molecule has 0 spiro atoms. The molecule has 0 atom stereocenters. The Morgan fingerprint density at radius 3 is 2.03 bits per heavy atom. The number of thiazole rings is 1. The van der Waals surface area contributed by atoms with Crippen molar-refractivity contribution in [3.05, 3.63) is 95.6 Å². The molecule has 0 saturated carbocycles. The van der Waals surface area contributed by atoms with E-state index in [0.717, 1.165) is 27.3 Å². The number of anilines is 1. The molecule has 150 valence electrons. The van der Waals surface area contributed by atoms with E-state index < -0.39 is 34.7 Å². The molecule has 1 amide bonds. The van der Waals surface area contributed by atoms with E-state index in [9.17, 15) is 22.4 Å². The second-order valence-corrected chi connectivity index (χ2v) is 7.23. The summed E-state index contributed by atoms with van der Waals surface area (Å²) in [4.78, 5) is 17.6. The van der Waals surface area contributed by atoms with Gasteiger partial charge in [-0.1, -0.05) is 72.0 Å². The van der Waals surface area contributed by atoms with Crippen LogP contribution < -0.4 is 5.32 Å². The molecule has 4 rings (SSSR count). The monoisotopic (exact) mass is 428 g/mol. The number of aromatic nitrogens is 1. The highest BCUT2D eigenvalue weighted by molar-refractivity contribution is 7.19. The minimum Gasteiger partial charge on any atom is -0.298 e. The van der Waals surface area contributed by atoms with E-state index in [1.807, 2.05) is 60.7 Å². The number of benzene rings is 3. The molecule has 8 heteroatoms. The summed E-state index contributed by atoms with van der Waals surface area (Å²) >= 11 is 1.12. The van der Waals surface area contributed by atoms with E-state index in [0.29, 0.717) is 11.8 Å². The van der Waals surface area contributed by atoms with Gasteiger partial charge >= 0.3 is 0 Å². The van der Waals surface area contributed by atoms with Gasteiger partial charge in [0.1, 0.15) is 0 Å². The molecule has 0 aliphatic heterocycles. The number of amides is 1. The smallest absolute Gasteiger partial charge is 0.260 e. The molecule has 3 nitrogen and oxygen atoms in total. The molecule has 0 saturated heterocycles. The van der Waals surface area contributed by atoms with Gasteiger partial charge in [-0.2, -0.15) is 0 Å². The zero-order chi connectivity index (χ0) is 21.3. The van der Waals surface area contributed by atoms with Crippen LogP contribution in [0.2, 0.25) is 0 Å². The van der Waals surface area contributed by atoms with Gasteiger partial charge in [0.15, 0.2) is 28.4 Å². The zero-order valence-electron chi connectivity index (χ0n) is 15.1. The lowest BCUT2D eigenvalue weighted by Gasteiger charge is -2.05. The highest BCUT2D eigenvalue weighted by atomic mass is 32.1. The lowest BCUT2D eigenvalue weighted by atomic mass is 10.1. The van der Waals surface area contributed by atoms with E-state index >= 15 is 0 Å². The van der Waals surface area contributed by atoms with Crippen LogP contribution in [-0.2, 0) is 0 Å². The summed E-state index contributed by atoms with van der Waals surface area (Å²) < 4.78 is 54.0. The second-order valence-electron chi connectivity index (χ2n) is 6.23. The fourth-order valence-corrected chi connectivity index (χ4v) is 3.84. The third-order valence-electron chi connectivity index (χ3n) is 4.28. The summed E-state index contributed by atoms with van der Waals surface area (Å²) in [6, 6.07) is 18.8. The number of halogens is 4. The van der Waals surface area contributed by atoms with Gasteiger partial charge in [0.2, 0.25) is 0 Å². The van der Waals surface area contributed by atoms with Gasteiger partial charge in [-0.05, 0) is 11.6 Å². The first-order chi connectivity index (χ1) is 14.5. The summed E-state index contributed by atoms with van der Waals surface area (Å²) in [5, 5.41) is 2.45. The van der Waals surface area contributed by atoms with Gasteiger partial charge in [0.05, 0.1) is 16.1 Å². The third-order valence-corrected chi connectivity index (χ3v) is 5.30. The Labute approximate surface area is 172 Å². The molecular weight excluding hydrogens is 416 g/mol. The minimum atomic E-state index is -2.05. The van der Waals surface area contributed by atoms with Crippen molar-refractivity contribution < 1.29 is 22.4 Å². The van der Waals surface area contributed by atoms with Crippen LogP contribution in [0.25, 0.3) is 21.7 Å². The van der Waals surface area contributed by atoms with Crippen molar-refractivity contribution in [2.24, 2.45) is 0 Å². The highest BCUT2D eigenvalue weighted by Crippen LogP contribution is 2.39. The van der Waals surface area contributed by atoms with Crippen molar-refractivity contribution in [2.45, 2.75) is 0 Å². The average molecular weight is 428 g/mol. The van der Waals surface area contributed by atoms with Crippen molar-refractivity contribution >= 4 is 22.4 Å². The Kier molecular flexibility index (Phi) is 5.33. The predicted octanol–water partition coefficient (Wildman–Crippen LogP) is 6.29. The molecule has 0 fully saturated rings. The second kappa shape index (κ2) is 8.08. The fourth-order valence-electron chi connectivity index (χ4n) is 2.85. The molecule has 30 heavy (non-hydrogen) atoms. The van der Waals surface area contributed by atoms with Crippen molar-refractivity contribution in [3.8, 4) is 21.7 Å². The van der Waals surface area contributed by atoms with Crippen LogP contribution in [0.5, 0.6) is 0 Å². The maximum atomic E-state index is 14.0. The Morgan fingerprint density at radius 1 is 0.800 bits per heavy atom. The van der Waals surface area contributed by atoms with Crippen molar-refractivity contribution in [3.63, 3.8) is 0 Å². The summed E-state index contributed by atoms with van der Waals surface area (Å²) in [5.74, 6) is -8.59. The topological polar surface area (TPSA) is 42.0 Å². The molecule has 0 bridgehead atoms. The molecule has 1 heterocycles. The van der Waals surface area contributed by atoms with Crippen LogP contribution >= 0.6 is 11.3 Å². The highest BCUT2D eigenvalue weighted by Gasteiger charge is 2.24. The Balaban J connectivity index is 1.74. The van der Waals surface area contributed by atoms with Crippen molar-refractivity contribution in [1.29, 1.82) is 0 Å². The van der Waals surface area contributed by atoms with Crippen LogP contribution in [-0.4, -0.2) is 10.9 Å². The SMILES string of the molecule is O=C(Nc1nc(-c2ccccc2)c(-c2ccccc2)s1)c1cc(F)c(F)c(F)c1F. The zero-order valence-corrected chi connectivity index (χ0v) is 15.9. The van der Waals surface area contributed by atoms with Gasteiger partial charge in [-0.3, -0.25) is 10.1 Å². The average Bonchev–Trinajstić information content (AvgIpc) is 3.19. The predicted molar refractivity (Wildman–Crippen MR) is 107 cm³/mol. The number of hydrogen-bond donors (Lipinski definition) is 1. The minimum absolute atomic E-state index is 0.0993. The summed E-state index contributed by atoms with van der Waals surface area (Å²) in [6.45, 7) is 0. The van der Waals surface area contributed by atoms with Crippen LogP contribution in [0.4, 0.5) is 22.7 Å². The van der Waals surface area contributed by atoms with Gasteiger partial charge < -0.3 is 0 Å². The molecular formula is C22H12F4N2OS. The Bertz CT molecular complexity index is 1170. The lowest BCUT2D eigenvalue weighted by molar-refractivity contribution is 0.102. The molecule has 3 aromatic carbocycles. The van der Waals surface area contributed by atoms with E-state index in [2.05, 4.69) is 10.3 Å². The number of nitrogens with one attached hydrogen (secondary N) is 1. The molecule has 0 radical (unpaired) electrons. The maximum absolute atomic E-state index is 14.0. The first kappa shape index (κ1) is 19.8. The van der Waals surface area contributed by atoms with Crippen LogP contribution in [0.1, 0.15) is 10.4 Å². The number of rotatable bonds is 4. The summed E-state index contributed by atoms with van der Waals surface area (Å²) in [6.07, 6.45) is 0. The van der Waals surface area contributed by atoms with Gasteiger partial charge in [-0.25, -0.2) is 22.5 Å². The van der Waals surface area contributed by atoms with Crippen LogP contribution in [0.3, 0.4) is 0 Å². The number of carbonyl (C=O) groups is 1. The quantitative estimate of drug-likeness (QED) is 0.236. The lowest BCUT2D eigenvalue weighted by Crippen LogP contribution is -2.16. The van der Waals surface area contributed by atoms with Gasteiger partial charge in [-0.15, -0.1) is 0 Å². The van der Waals surface area contributed by atoms with E-state index in [4.69, 9.17) is 0 Å². The number of hydrogen-bond acceptors (Lipinski definition) is 3. The fraction of sp³-hybridized carbons (Fsp3) is 0. The van der Waals surface area contributed by atoms with Gasteiger partial charge in [0.25, 0.3) is 5.91 Å². The van der Waals surface area contributed by atoms with E-state index in [-0.39, 0.29) is 5.13 Å². The molecule has 0 unspecified atom stereocenters. The number of nitrogens with zero attached hydrogens (tertiary/aromatic N) is 1. The van der Waals surface area contributed by atoms with E-state index in [1.165, 1.54) is 0 Å². The third kappa shape index (κ3) is 3.69. The van der Waals surface area contributed by atoms with Crippen LogP contribution in [0.15, 0.2) is 66.7 Å². The van der Waals surface area contributed by atoms with Crippen LogP contribution in [0, 0.1) is 23.3 Å². The Hall–Kier alpha value is -3.52. The first-order valence-electron chi connectivity index (χ1n) is 8.71. The summed E-state index contributed by atoms with van der Waals surface area (Å²) in [7, 11) is 0. The largest absolute Gasteiger partial charge is 0.298 e.